The molecule has 2 aromatic rings. The molecule has 3 rings (SSSR count). The van der Waals surface area contributed by atoms with Crippen molar-refractivity contribution in [1.82, 2.24) is 19.7 Å². The molecule has 5 nitrogen and oxygen atoms in total. The molecule has 148 valence electrons. The van der Waals surface area contributed by atoms with Crippen LogP contribution in [0.3, 0.4) is 0 Å². The Kier molecular flexibility index (Phi) is 8.63. The minimum absolute atomic E-state index is 0. The Balaban J connectivity index is 0.00000261. The van der Waals surface area contributed by atoms with Crippen molar-refractivity contribution in [3.8, 4) is 0 Å². The van der Waals surface area contributed by atoms with Gasteiger partial charge in [0.15, 0.2) is 5.96 Å². The van der Waals surface area contributed by atoms with Crippen LogP contribution in [0.25, 0.3) is 0 Å². The van der Waals surface area contributed by atoms with Crippen LogP contribution in [0.2, 0.25) is 0 Å². The Morgan fingerprint density at radius 2 is 1.96 bits per heavy atom. The van der Waals surface area contributed by atoms with Crippen molar-refractivity contribution < 1.29 is 0 Å². The Morgan fingerprint density at radius 1 is 1.19 bits per heavy atom. The van der Waals surface area contributed by atoms with E-state index < -0.39 is 0 Å². The molecule has 1 N–H and O–H groups in total. The van der Waals surface area contributed by atoms with Crippen LogP contribution >= 0.6 is 24.0 Å². The molecule has 27 heavy (non-hydrogen) atoms. The minimum atomic E-state index is 0. The molecule has 0 fully saturated rings. The molecule has 0 saturated carbocycles. The van der Waals surface area contributed by atoms with Crippen LogP contribution in [0.1, 0.15) is 23.7 Å². The van der Waals surface area contributed by atoms with Crippen LogP contribution in [0.4, 0.5) is 0 Å². The molecule has 0 saturated heterocycles. The van der Waals surface area contributed by atoms with Crippen molar-refractivity contribution in [2.24, 2.45) is 12.0 Å². The summed E-state index contributed by atoms with van der Waals surface area (Å²) in [5, 5.41) is 3.42. The maximum absolute atomic E-state index is 4.85. The number of benzene rings is 1. The zero-order valence-corrected chi connectivity index (χ0v) is 19.0. The van der Waals surface area contributed by atoms with E-state index in [1.54, 1.807) is 0 Å². The van der Waals surface area contributed by atoms with Gasteiger partial charge in [-0.2, -0.15) is 0 Å². The van der Waals surface area contributed by atoms with Crippen LogP contribution in [0.15, 0.2) is 47.6 Å². The van der Waals surface area contributed by atoms with Gasteiger partial charge in [-0.15, -0.1) is 24.0 Å². The van der Waals surface area contributed by atoms with Crippen LogP contribution < -0.4 is 5.32 Å². The van der Waals surface area contributed by atoms with Crippen LogP contribution in [0, 0.1) is 0 Å². The fourth-order valence-electron chi connectivity index (χ4n) is 3.49. The molecule has 0 radical (unpaired) electrons. The number of hydrogen-bond donors (Lipinski definition) is 1. The normalized spacial score (nSPS) is 14.4. The number of aromatic nitrogens is 1. The average molecular weight is 481 g/mol. The van der Waals surface area contributed by atoms with Crippen molar-refractivity contribution >= 4 is 29.9 Å². The van der Waals surface area contributed by atoms with Crippen LogP contribution in [-0.4, -0.2) is 53.6 Å². The molecule has 1 aliphatic rings. The quantitative estimate of drug-likeness (QED) is 0.392. The number of guanidine groups is 1. The summed E-state index contributed by atoms with van der Waals surface area (Å²) >= 11 is 0. The monoisotopic (exact) mass is 481 g/mol. The summed E-state index contributed by atoms with van der Waals surface area (Å²) in [5.41, 5.74) is 4.25. The standard InChI is InChI=1S/C21H31N5.HI/c1-4-22-21(25(3)17-20-10-7-13-24(20)2)23-12-15-26-14-11-18-8-5-6-9-19(18)16-26;/h5-10,13H,4,11-12,14-17H2,1-3H3,(H,22,23);1H. The number of fused-ring (bicyclic) bond motifs is 1. The number of halogens is 1. The van der Waals surface area contributed by atoms with Gasteiger partial charge in [0.1, 0.15) is 0 Å². The molecule has 1 aromatic heterocycles. The van der Waals surface area contributed by atoms with Crippen molar-refractivity contribution in [3.63, 3.8) is 0 Å². The third-order valence-corrected chi connectivity index (χ3v) is 5.03. The molecule has 0 aliphatic carbocycles. The van der Waals surface area contributed by atoms with Crippen molar-refractivity contribution in [2.75, 3.05) is 33.2 Å². The number of nitrogens with one attached hydrogen (secondary N) is 1. The summed E-state index contributed by atoms with van der Waals surface area (Å²) in [6.07, 6.45) is 3.23. The first-order chi connectivity index (χ1) is 12.7. The van der Waals surface area contributed by atoms with Gasteiger partial charge in [-0.05, 0) is 36.6 Å². The predicted octanol–water partition coefficient (Wildman–Crippen LogP) is 3.10. The van der Waals surface area contributed by atoms with E-state index in [4.69, 9.17) is 4.99 Å². The molecule has 0 bridgehead atoms. The van der Waals surface area contributed by atoms with Crippen molar-refractivity contribution in [3.05, 3.63) is 59.4 Å². The Morgan fingerprint density at radius 3 is 2.67 bits per heavy atom. The van der Waals surface area contributed by atoms with Gasteiger partial charge in [0, 0.05) is 52.2 Å². The van der Waals surface area contributed by atoms with Gasteiger partial charge in [0.05, 0.1) is 13.1 Å². The topological polar surface area (TPSA) is 35.8 Å². The minimum Gasteiger partial charge on any atom is -0.357 e. The molecular weight excluding hydrogens is 449 g/mol. The van der Waals surface area contributed by atoms with E-state index in [0.717, 1.165) is 51.6 Å². The maximum Gasteiger partial charge on any atom is 0.194 e. The highest BCUT2D eigenvalue weighted by atomic mass is 127. The van der Waals surface area contributed by atoms with Gasteiger partial charge in [-0.3, -0.25) is 9.89 Å². The van der Waals surface area contributed by atoms with Crippen LogP contribution in [0.5, 0.6) is 0 Å². The summed E-state index contributed by atoms with van der Waals surface area (Å²) in [6, 6.07) is 13.0. The summed E-state index contributed by atoms with van der Waals surface area (Å²) in [5.74, 6) is 0.978. The second-order valence-corrected chi connectivity index (χ2v) is 7.00. The molecule has 1 aliphatic heterocycles. The lowest BCUT2D eigenvalue weighted by Gasteiger charge is -2.28. The van der Waals surface area contributed by atoms with E-state index in [1.807, 2.05) is 0 Å². The van der Waals surface area contributed by atoms with Gasteiger partial charge in [-0.1, -0.05) is 24.3 Å². The highest BCUT2D eigenvalue weighted by molar-refractivity contribution is 14.0. The van der Waals surface area contributed by atoms with E-state index in [0.29, 0.717) is 0 Å². The lowest BCUT2D eigenvalue weighted by atomic mass is 10.00. The molecule has 0 atom stereocenters. The molecule has 2 heterocycles. The second-order valence-electron chi connectivity index (χ2n) is 7.00. The molecule has 1 aromatic carbocycles. The number of aryl methyl sites for hydroxylation is 1. The number of aliphatic imine (C=N–C) groups is 1. The highest BCUT2D eigenvalue weighted by Crippen LogP contribution is 2.17. The van der Waals surface area contributed by atoms with Gasteiger partial charge >= 0.3 is 0 Å². The third kappa shape index (κ3) is 5.97. The fraction of sp³-hybridized carbons (Fsp3) is 0.476. The van der Waals surface area contributed by atoms with E-state index in [-0.39, 0.29) is 24.0 Å². The van der Waals surface area contributed by atoms with Crippen LogP contribution in [-0.2, 0) is 26.6 Å². The summed E-state index contributed by atoms with van der Waals surface area (Å²) < 4.78 is 2.16. The molecular formula is C21H32IN5. The first kappa shape index (κ1) is 21.8. The first-order valence-electron chi connectivity index (χ1n) is 9.56. The first-order valence-corrected chi connectivity index (χ1v) is 9.56. The van der Waals surface area contributed by atoms with Gasteiger partial charge in [0.25, 0.3) is 0 Å². The number of nitrogens with zero attached hydrogens (tertiary/aromatic N) is 4. The Bertz CT molecular complexity index is 740. The smallest absolute Gasteiger partial charge is 0.194 e. The molecule has 0 spiro atoms. The zero-order valence-electron chi connectivity index (χ0n) is 16.7. The van der Waals surface area contributed by atoms with Crippen molar-refractivity contribution in [1.29, 1.82) is 0 Å². The fourth-order valence-corrected chi connectivity index (χ4v) is 3.49. The van der Waals surface area contributed by atoms with Gasteiger partial charge in [-0.25, -0.2) is 0 Å². The zero-order chi connectivity index (χ0) is 18.4. The highest BCUT2D eigenvalue weighted by Gasteiger charge is 2.15. The number of rotatable bonds is 6. The average Bonchev–Trinajstić information content (AvgIpc) is 3.05. The summed E-state index contributed by atoms with van der Waals surface area (Å²) in [7, 11) is 4.19. The van der Waals surface area contributed by atoms with Gasteiger partial charge < -0.3 is 14.8 Å². The van der Waals surface area contributed by atoms with E-state index in [2.05, 4.69) is 83.3 Å². The second kappa shape index (κ2) is 10.7. The SMILES string of the molecule is CCNC(=NCCN1CCc2ccccc2C1)N(C)Cc1cccn1C.I. The van der Waals surface area contributed by atoms with E-state index in [1.165, 1.54) is 16.8 Å². The lowest BCUT2D eigenvalue weighted by Crippen LogP contribution is -2.39. The molecule has 0 amide bonds. The predicted molar refractivity (Wildman–Crippen MR) is 124 cm³/mol. The molecule has 0 unspecified atom stereocenters. The Hall–Kier alpha value is -1.54. The van der Waals surface area contributed by atoms with E-state index >= 15 is 0 Å². The maximum atomic E-state index is 4.85. The largest absolute Gasteiger partial charge is 0.357 e. The van der Waals surface area contributed by atoms with E-state index in [9.17, 15) is 0 Å². The van der Waals surface area contributed by atoms with Gasteiger partial charge in [0.2, 0.25) is 0 Å². The Labute approximate surface area is 180 Å². The third-order valence-electron chi connectivity index (χ3n) is 5.03. The van der Waals surface area contributed by atoms with Crippen molar-refractivity contribution in [2.45, 2.75) is 26.4 Å². The molecule has 6 heteroatoms. The lowest BCUT2D eigenvalue weighted by molar-refractivity contribution is 0.261. The summed E-state index contributed by atoms with van der Waals surface area (Å²) in [6.45, 7) is 7.85. The summed E-state index contributed by atoms with van der Waals surface area (Å²) in [4.78, 5) is 9.56. The number of hydrogen-bond acceptors (Lipinski definition) is 2.